The Morgan fingerprint density at radius 1 is 1.16 bits per heavy atom. The van der Waals surface area contributed by atoms with Gasteiger partial charge in [-0.2, -0.15) is 5.10 Å². The molecule has 1 atom stereocenters. The average molecular weight is 454 g/mol. The lowest BCUT2D eigenvalue weighted by atomic mass is 9.97. The lowest BCUT2D eigenvalue weighted by molar-refractivity contribution is 0.0679. The lowest BCUT2D eigenvalue weighted by Gasteiger charge is -2.23. The molecule has 0 spiro atoms. The van der Waals surface area contributed by atoms with Gasteiger partial charge in [-0.25, -0.2) is 13.4 Å². The summed E-state index contributed by atoms with van der Waals surface area (Å²) in [6.45, 7) is 2.48. The third-order valence-corrected chi connectivity index (χ3v) is 5.55. The lowest BCUT2D eigenvalue weighted by Crippen LogP contribution is -2.27. The van der Waals surface area contributed by atoms with Gasteiger partial charge >= 0.3 is 5.91 Å². The second kappa shape index (κ2) is 8.88. The van der Waals surface area contributed by atoms with Gasteiger partial charge in [-0.15, -0.1) is 0 Å². The number of nitrogens with one attached hydrogen (secondary N) is 1. The molecule has 2 aromatic carbocycles. The first-order valence-electron chi connectivity index (χ1n) is 10.1. The van der Waals surface area contributed by atoms with Crippen molar-refractivity contribution >= 4 is 27.3 Å². The van der Waals surface area contributed by atoms with E-state index in [1.165, 1.54) is 11.3 Å². The van der Waals surface area contributed by atoms with Gasteiger partial charge in [0, 0.05) is 12.0 Å². The quantitative estimate of drug-likeness (QED) is 0.582. The van der Waals surface area contributed by atoms with Crippen molar-refractivity contribution in [2.45, 2.75) is 19.4 Å². The molecule has 4 rings (SSSR count). The Morgan fingerprint density at radius 3 is 2.56 bits per heavy atom. The maximum absolute atomic E-state index is 13.2. The van der Waals surface area contributed by atoms with Gasteiger partial charge in [0.05, 0.1) is 36.6 Å². The van der Waals surface area contributed by atoms with Crippen LogP contribution in [0.25, 0.3) is 0 Å². The van der Waals surface area contributed by atoms with Gasteiger partial charge < -0.3 is 9.15 Å². The van der Waals surface area contributed by atoms with E-state index in [-0.39, 0.29) is 5.76 Å². The highest BCUT2D eigenvalue weighted by atomic mass is 32.2. The third-order valence-electron chi connectivity index (χ3n) is 4.96. The standard InChI is InChI=1S/C23H23N3O5S/c1-3-30-17-12-10-16(11-13-17)20-15-21(26(24-20)23(27)22-9-6-14-31-22)18-7-4-5-8-19(18)25-32(2,28)29/h4-14,21,25H,3,15H2,1-2H3/t21-/m1/s1. The normalized spacial score (nSPS) is 16.0. The maximum Gasteiger partial charge on any atom is 0.310 e. The van der Waals surface area contributed by atoms with Gasteiger partial charge in [0.25, 0.3) is 0 Å². The molecule has 8 nitrogen and oxygen atoms in total. The van der Waals surface area contributed by atoms with E-state index in [0.29, 0.717) is 30.0 Å². The second-order valence-electron chi connectivity index (χ2n) is 7.31. The Balaban J connectivity index is 1.73. The number of ether oxygens (including phenoxy) is 1. The fourth-order valence-corrected chi connectivity index (χ4v) is 4.20. The van der Waals surface area contributed by atoms with Crippen LogP contribution in [0.1, 0.15) is 41.1 Å². The number of hydrogen-bond acceptors (Lipinski definition) is 6. The number of sulfonamides is 1. The van der Waals surface area contributed by atoms with Crippen molar-refractivity contribution in [2.75, 3.05) is 17.6 Å². The van der Waals surface area contributed by atoms with Crippen molar-refractivity contribution in [3.05, 3.63) is 83.8 Å². The van der Waals surface area contributed by atoms with Crippen molar-refractivity contribution in [2.24, 2.45) is 5.10 Å². The van der Waals surface area contributed by atoms with Crippen LogP contribution in [0.2, 0.25) is 0 Å². The zero-order valence-electron chi connectivity index (χ0n) is 17.7. The van der Waals surface area contributed by atoms with Gasteiger partial charge in [-0.05, 0) is 55.0 Å². The first-order chi connectivity index (χ1) is 15.4. The van der Waals surface area contributed by atoms with E-state index in [2.05, 4.69) is 9.82 Å². The number of para-hydroxylation sites is 1. The van der Waals surface area contributed by atoms with E-state index >= 15 is 0 Å². The number of anilines is 1. The summed E-state index contributed by atoms with van der Waals surface area (Å²) >= 11 is 0. The zero-order valence-corrected chi connectivity index (χ0v) is 18.5. The molecule has 3 aromatic rings. The summed E-state index contributed by atoms with van der Waals surface area (Å²) < 4.78 is 37.1. The Bertz CT molecular complexity index is 1230. The Morgan fingerprint density at radius 2 is 1.91 bits per heavy atom. The number of hydrazone groups is 1. The van der Waals surface area contributed by atoms with Crippen LogP contribution in [-0.2, 0) is 10.0 Å². The first-order valence-corrected chi connectivity index (χ1v) is 12.0. The smallest absolute Gasteiger partial charge is 0.310 e. The first kappa shape index (κ1) is 21.6. The van der Waals surface area contributed by atoms with Crippen LogP contribution in [0.5, 0.6) is 5.75 Å². The fraction of sp³-hybridized carbons (Fsp3) is 0.217. The maximum atomic E-state index is 13.2. The molecular weight excluding hydrogens is 430 g/mol. The number of nitrogens with zero attached hydrogens (tertiary/aromatic N) is 2. The number of carbonyl (C=O) groups is 1. The topological polar surface area (TPSA) is 101 Å². The number of hydrogen-bond donors (Lipinski definition) is 1. The molecule has 0 unspecified atom stereocenters. The number of amides is 1. The number of rotatable bonds is 7. The molecule has 1 N–H and O–H groups in total. The van der Waals surface area contributed by atoms with Crippen molar-refractivity contribution in [1.82, 2.24) is 5.01 Å². The van der Waals surface area contributed by atoms with Crippen LogP contribution in [0, 0.1) is 0 Å². The molecule has 0 aliphatic carbocycles. The summed E-state index contributed by atoms with van der Waals surface area (Å²) in [6, 6.07) is 17.2. The van der Waals surface area contributed by atoms with Crippen LogP contribution >= 0.6 is 0 Å². The van der Waals surface area contributed by atoms with E-state index in [0.717, 1.165) is 17.6 Å². The minimum atomic E-state index is -3.51. The Labute approximate surface area is 186 Å². The minimum absolute atomic E-state index is 0.153. The summed E-state index contributed by atoms with van der Waals surface area (Å²) in [6.07, 6.45) is 2.92. The van der Waals surface area contributed by atoms with Crippen LogP contribution < -0.4 is 9.46 Å². The van der Waals surface area contributed by atoms with Crippen molar-refractivity contribution < 1.29 is 22.4 Å². The van der Waals surface area contributed by atoms with Crippen LogP contribution in [-0.4, -0.2) is 37.9 Å². The van der Waals surface area contributed by atoms with E-state index in [9.17, 15) is 13.2 Å². The predicted molar refractivity (Wildman–Crippen MR) is 121 cm³/mol. The second-order valence-corrected chi connectivity index (χ2v) is 9.06. The van der Waals surface area contributed by atoms with Gasteiger partial charge in [-0.1, -0.05) is 18.2 Å². The third kappa shape index (κ3) is 4.67. The van der Waals surface area contributed by atoms with Crippen molar-refractivity contribution in [3.8, 4) is 5.75 Å². The van der Waals surface area contributed by atoms with Crippen molar-refractivity contribution in [1.29, 1.82) is 0 Å². The van der Waals surface area contributed by atoms with Crippen LogP contribution in [0.4, 0.5) is 5.69 Å². The predicted octanol–water partition coefficient (Wildman–Crippen LogP) is 4.04. The van der Waals surface area contributed by atoms with E-state index in [1.54, 1.807) is 36.4 Å². The number of furan rings is 1. The number of carbonyl (C=O) groups excluding carboxylic acids is 1. The molecule has 1 aliphatic heterocycles. The largest absolute Gasteiger partial charge is 0.494 e. The summed E-state index contributed by atoms with van der Waals surface area (Å²) in [5, 5.41) is 5.96. The molecule has 0 bridgehead atoms. The minimum Gasteiger partial charge on any atom is -0.494 e. The fourth-order valence-electron chi connectivity index (χ4n) is 3.62. The highest BCUT2D eigenvalue weighted by Crippen LogP contribution is 2.37. The molecule has 0 radical (unpaired) electrons. The van der Waals surface area contributed by atoms with Gasteiger partial charge in [-0.3, -0.25) is 9.52 Å². The summed E-state index contributed by atoms with van der Waals surface area (Å²) in [5.74, 6) is 0.493. The Hall–Kier alpha value is -3.59. The van der Waals surface area contributed by atoms with Crippen LogP contribution in [0.15, 0.2) is 76.4 Å². The SMILES string of the molecule is CCOc1ccc(C2=NN(C(=O)c3ccco3)[C@@H](c3ccccc3NS(C)(=O)=O)C2)cc1. The molecule has 1 aromatic heterocycles. The molecule has 0 fully saturated rings. The molecule has 1 amide bonds. The monoisotopic (exact) mass is 453 g/mol. The molecule has 2 heterocycles. The van der Waals surface area contributed by atoms with Crippen LogP contribution in [0.3, 0.4) is 0 Å². The molecular formula is C23H23N3O5S. The van der Waals surface area contributed by atoms with Gasteiger partial charge in [0.1, 0.15) is 5.75 Å². The van der Waals surface area contributed by atoms with Crippen molar-refractivity contribution in [3.63, 3.8) is 0 Å². The van der Waals surface area contributed by atoms with E-state index in [1.807, 2.05) is 31.2 Å². The molecule has 0 saturated carbocycles. The molecule has 0 saturated heterocycles. The summed E-state index contributed by atoms with van der Waals surface area (Å²) in [7, 11) is -3.51. The van der Waals surface area contributed by atoms with Gasteiger partial charge in [0.2, 0.25) is 10.0 Å². The molecule has 9 heteroatoms. The number of benzene rings is 2. The highest BCUT2D eigenvalue weighted by molar-refractivity contribution is 7.92. The van der Waals surface area contributed by atoms with E-state index in [4.69, 9.17) is 9.15 Å². The average Bonchev–Trinajstić information content (AvgIpc) is 3.44. The summed E-state index contributed by atoms with van der Waals surface area (Å²) in [5.41, 5.74) is 2.59. The van der Waals surface area contributed by atoms with E-state index < -0.39 is 22.0 Å². The molecule has 32 heavy (non-hydrogen) atoms. The summed E-state index contributed by atoms with van der Waals surface area (Å²) in [4.78, 5) is 13.2. The van der Waals surface area contributed by atoms with Gasteiger partial charge in [0.15, 0.2) is 5.76 Å². The highest BCUT2D eigenvalue weighted by Gasteiger charge is 2.36. The zero-order chi connectivity index (χ0) is 22.7. The Kier molecular flexibility index (Phi) is 6.00. The molecule has 1 aliphatic rings. The molecule has 166 valence electrons.